The van der Waals surface area contributed by atoms with E-state index in [0.717, 1.165) is 16.8 Å². The molecule has 0 fully saturated rings. The van der Waals surface area contributed by atoms with Crippen LogP contribution in [0.3, 0.4) is 0 Å². The summed E-state index contributed by atoms with van der Waals surface area (Å²) >= 11 is 11.9. The molecular formula is C20H22Cl2N2O2. The Morgan fingerprint density at radius 3 is 2.62 bits per heavy atom. The molecule has 138 valence electrons. The van der Waals surface area contributed by atoms with Gasteiger partial charge < -0.3 is 4.74 Å². The summed E-state index contributed by atoms with van der Waals surface area (Å²) in [7, 11) is 0. The fraction of sp³-hybridized carbons (Fsp3) is 0.300. The first-order chi connectivity index (χ1) is 12.4. The maximum absolute atomic E-state index is 11.9. The Kier molecular flexibility index (Phi) is 7.49. The predicted octanol–water partition coefficient (Wildman–Crippen LogP) is 5.31. The van der Waals surface area contributed by atoms with Crippen LogP contribution in [0.1, 0.15) is 36.5 Å². The summed E-state index contributed by atoms with van der Waals surface area (Å²) in [6.07, 6.45) is 0.873. The summed E-state index contributed by atoms with van der Waals surface area (Å²) in [5.74, 6) is 0.403. The number of hydrazone groups is 1. The van der Waals surface area contributed by atoms with Gasteiger partial charge in [0, 0.05) is 17.0 Å². The van der Waals surface area contributed by atoms with Gasteiger partial charge in [0.05, 0.1) is 17.3 Å². The Morgan fingerprint density at radius 2 is 1.92 bits per heavy atom. The second-order valence-electron chi connectivity index (χ2n) is 6.08. The summed E-state index contributed by atoms with van der Waals surface area (Å²) in [5.41, 5.74) is 6.72. The number of nitrogens with one attached hydrogen (secondary N) is 1. The number of carbonyl (C=O) groups is 1. The molecule has 26 heavy (non-hydrogen) atoms. The van der Waals surface area contributed by atoms with Crippen molar-refractivity contribution in [3.8, 4) is 5.75 Å². The van der Waals surface area contributed by atoms with Crippen LogP contribution >= 0.6 is 23.2 Å². The number of hydrogen-bond acceptors (Lipinski definition) is 3. The van der Waals surface area contributed by atoms with Gasteiger partial charge in [-0.2, -0.15) is 5.10 Å². The molecule has 0 unspecified atom stereocenters. The third kappa shape index (κ3) is 6.04. The monoisotopic (exact) mass is 392 g/mol. The number of rotatable bonds is 7. The third-order valence-corrected chi connectivity index (χ3v) is 4.35. The van der Waals surface area contributed by atoms with Gasteiger partial charge in [-0.15, -0.1) is 0 Å². The average molecular weight is 393 g/mol. The molecule has 2 aromatic carbocycles. The fourth-order valence-electron chi connectivity index (χ4n) is 2.49. The Labute approximate surface area is 164 Å². The van der Waals surface area contributed by atoms with Crippen LogP contribution in [0.4, 0.5) is 0 Å². The van der Waals surface area contributed by atoms with Crippen LogP contribution in [-0.4, -0.2) is 18.2 Å². The number of benzene rings is 2. The molecule has 0 aliphatic heterocycles. The van der Waals surface area contributed by atoms with Crippen LogP contribution in [0.5, 0.6) is 5.75 Å². The second kappa shape index (κ2) is 9.60. The highest BCUT2D eigenvalue weighted by molar-refractivity contribution is 6.35. The molecule has 0 aliphatic carbocycles. The van der Waals surface area contributed by atoms with Gasteiger partial charge in [-0.3, -0.25) is 4.79 Å². The number of ether oxygens (including phenoxy) is 1. The lowest BCUT2D eigenvalue weighted by molar-refractivity contribution is -0.121. The predicted molar refractivity (Wildman–Crippen MR) is 107 cm³/mol. The van der Waals surface area contributed by atoms with Crippen molar-refractivity contribution in [2.45, 2.75) is 33.6 Å². The molecular weight excluding hydrogens is 371 g/mol. The zero-order valence-electron chi connectivity index (χ0n) is 15.1. The van der Waals surface area contributed by atoms with Crippen molar-refractivity contribution in [3.05, 3.63) is 63.1 Å². The fourth-order valence-corrected chi connectivity index (χ4v) is 2.95. The molecule has 1 N–H and O–H groups in total. The number of amides is 1. The highest BCUT2D eigenvalue weighted by Gasteiger charge is 2.06. The Bertz CT molecular complexity index is 819. The highest BCUT2D eigenvalue weighted by Crippen LogP contribution is 2.27. The van der Waals surface area contributed by atoms with Gasteiger partial charge in [0.25, 0.3) is 0 Å². The molecule has 1 amide bonds. The Balaban J connectivity index is 1.78. The normalized spacial score (nSPS) is 11.3. The van der Waals surface area contributed by atoms with Crippen molar-refractivity contribution in [2.24, 2.45) is 5.10 Å². The van der Waals surface area contributed by atoms with Crippen molar-refractivity contribution >= 4 is 34.8 Å². The van der Waals surface area contributed by atoms with E-state index < -0.39 is 0 Å². The first-order valence-corrected chi connectivity index (χ1v) is 9.11. The van der Waals surface area contributed by atoms with E-state index in [-0.39, 0.29) is 5.91 Å². The van der Waals surface area contributed by atoms with E-state index >= 15 is 0 Å². The van der Waals surface area contributed by atoms with Gasteiger partial charge in [0.1, 0.15) is 5.75 Å². The average Bonchev–Trinajstić information content (AvgIpc) is 2.58. The van der Waals surface area contributed by atoms with Crippen LogP contribution in [0.15, 0.2) is 41.5 Å². The maximum atomic E-state index is 11.9. The SMILES string of the molecule is C/C(=N/NC(=O)CCCOc1ccc(Cl)cc1Cl)c1ccc(C)cc1C. The van der Waals surface area contributed by atoms with E-state index in [1.54, 1.807) is 18.2 Å². The largest absolute Gasteiger partial charge is 0.492 e. The van der Waals surface area contributed by atoms with Crippen LogP contribution in [0.2, 0.25) is 10.0 Å². The van der Waals surface area contributed by atoms with Gasteiger partial charge in [0.15, 0.2) is 0 Å². The molecule has 0 aromatic heterocycles. The molecule has 0 radical (unpaired) electrons. The molecule has 4 nitrogen and oxygen atoms in total. The van der Waals surface area contributed by atoms with Crippen LogP contribution in [0.25, 0.3) is 0 Å². The Hall–Kier alpha value is -2.04. The lowest BCUT2D eigenvalue weighted by Gasteiger charge is -2.08. The molecule has 0 heterocycles. The quantitative estimate of drug-likeness (QED) is 0.394. The van der Waals surface area contributed by atoms with Gasteiger partial charge in [-0.05, 0) is 51.0 Å². The first-order valence-electron chi connectivity index (χ1n) is 8.35. The van der Waals surface area contributed by atoms with E-state index in [0.29, 0.717) is 35.2 Å². The first kappa shape index (κ1) is 20.3. The van der Waals surface area contributed by atoms with Crippen molar-refractivity contribution in [1.82, 2.24) is 5.43 Å². The highest BCUT2D eigenvalue weighted by atomic mass is 35.5. The van der Waals surface area contributed by atoms with Gasteiger partial charge in [0.2, 0.25) is 5.91 Å². The van der Waals surface area contributed by atoms with Crippen LogP contribution in [-0.2, 0) is 4.79 Å². The summed E-state index contributed by atoms with van der Waals surface area (Å²) in [5, 5.41) is 5.19. The van der Waals surface area contributed by atoms with E-state index in [1.165, 1.54) is 5.56 Å². The van der Waals surface area contributed by atoms with Gasteiger partial charge in [-0.25, -0.2) is 5.43 Å². The van der Waals surface area contributed by atoms with Gasteiger partial charge >= 0.3 is 0 Å². The lowest BCUT2D eigenvalue weighted by Crippen LogP contribution is -2.20. The number of nitrogens with zero attached hydrogens (tertiary/aromatic N) is 1. The zero-order valence-corrected chi connectivity index (χ0v) is 16.6. The van der Waals surface area contributed by atoms with Crippen LogP contribution in [0, 0.1) is 13.8 Å². The Morgan fingerprint density at radius 1 is 1.15 bits per heavy atom. The molecule has 0 saturated heterocycles. The lowest BCUT2D eigenvalue weighted by atomic mass is 10.0. The molecule has 0 saturated carbocycles. The van der Waals surface area contributed by atoms with Crippen LogP contribution < -0.4 is 10.2 Å². The zero-order chi connectivity index (χ0) is 19.1. The summed E-state index contributed by atoms with van der Waals surface area (Å²) in [6.45, 7) is 6.34. The van der Waals surface area contributed by atoms with Gasteiger partial charge in [-0.1, -0.05) is 47.0 Å². The minimum absolute atomic E-state index is 0.153. The molecule has 2 aromatic rings. The number of aryl methyl sites for hydroxylation is 2. The summed E-state index contributed by atoms with van der Waals surface area (Å²) in [6, 6.07) is 11.2. The standard InChI is InChI=1S/C20H22Cl2N2O2/c1-13-6-8-17(14(2)11-13)15(3)23-24-20(25)5-4-10-26-19-9-7-16(21)12-18(19)22/h6-9,11-12H,4-5,10H2,1-3H3,(H,24,25)/b23-15-. The molecule has 0 aliphatic rings. The number of hydrogen-bond donors (Lipinski definition) is 1. The number of halogens is 2. The van der Waals surface area contributed by atoms with Crippen molar-refractivity contribution in [2.75, 3.05) is 6.61 Å². The molecule has 6 heteroatoms. The van der Waals surface area contributed by atoms with E-state index in [1.807, 2.05) is 32.9 Å². The third-order valence-electron chi connectivity index (χ3n) is 3.82. The summed E-state index contributed by atoms with van der Waals surface area (Å²) < 4.78 is 5.56. The summed E-state index contributed by atoms with van der Waals surface area (Å²) in [4.78, 5) is 11.9. The molecule has 0 spiro atoms. The van der Waals surface area contributed by atoms with E-state index in [2.05, 4.69) is 16.6 Å². The second-order valence-corrected chi connectivity index (χ2v) is 6.92. The topological polar surface area (TPSA) is 50.7 Å². The molecule has 2 rings (SSSR count). The minimum atomic E-state index is -0.153. The molecule has 0 bridgehead atoms. The van der Waals surface area contributed by atoms with E-state index in [9.17, 15) is 4.79 Å². The number of carbonyl (C=O) groups excluding carboxylic acids is 1. The van der Waals surface area contributed by atoms with Crippen molar-refractivity contribution in [3.63, 3.8) is 0 Å². The van der Waals surface area contributed by atoms with Crippen molar-refractivity contribution < 1.29 is 9.53 Å². The van der Waals surface area contributed by atoms with E-state index in [4.69, 9.17) is 27.9 Å². The maximum Gasteiger partial charge on any atom is 0.240 e. The van der Waals surface area contributed by atoms with Crippen molar-refractivity contribution in [1.29, 1.82) is 0 Å². The minimum Gasteiger partial charge on any atom is -0.492 e. The smallest absolute Gasteiger partial charge is 0.240 e. The molecule has 0 atom stereocenters.